The van der Waals surface area contributed by atoms with Crippen molar-refractivity contribution in [1.29, 1.82) is 0 Å². The maximum atomic E-state index is 13.9. The molecule has 3 saturated heterocycles. The van der Waals surface area contributed by atoms with E-state index in [9.17, 15) is 18.0 Å². The molecular weight excluding hydrogens is 459 g/mol. The molecule has 6 heterocycles. The van der Waals surface area contributed by atoms with Crippen molar-refractivity contribution >= 4 is 28.6 Å². The lowest BCUT2D eigenvalue weighted by atomic mass is 9.79. The lowest BCUT2D eigenvalue weighted by Crippen LogP contribution is -2.52. The number of halogens is 3. The van der Waals surface area contributed by atoms with Gasteiger partial charge in [-0.15, -0.1) is 0 Å². The van der Waals surface area contributed by atoms with Gasteiger partial charge in [-0.2, -0.15) is 13.2 Å². The molecule has 3 aliphatic heterocycles. The number of nitrogens with one attached hydrogen (secondary N) is 3. The van der Waals surface area contributed by atoms with E-state index in [1.807, 2.05) is 6.07 Å². The molecule has 3 N–H and O–H groups in total. The van der Waals surface area contributed by atoms with Gasteiger partial charge in [-0.25, -0.2) is 15.0 Å². The Bertz CT molecular complexity index is 1270. The molecule has 4 aliphatic rings. The van der Waals surface area contributed by atoms with Gasteiger partial charge in [0, 0.05) is 60.9 Å². The highest BCUT2D eigenvalue weighted by atomic mass is 19.4. The summed E-state index contributed by atoms with van der Waals surface area (Å²) in [4.78, 5) is 30.3. The fourth-order valence-electron chi connectivity index (χ4n) is 5.55. The van der Waals surface area contributed by atoms with E-state index in [0.29, 0.717) is 41.9 Å². The zero-order chi connectivity index (χ0) is 24.2. The second kappa shape index (κ2) is 8.47. The van der Waals surface area contributed by atoms with Crippen molar-refractivity contribution in [2.45, 2.75) is 50.4 Å². The largest absolute Gasteiger partial charge is 0.419 e. The normalized spacial score (nSPS) is 24.8. The number of carbonyl (C=O) groups excluding carboxylic acids is 1. The molecule has 8 nitrogen and oxygen atoms in total. The number of hydrogen-bond acceptors (Lipinski definition) is 7. The van der Waals surface area contributed by atoms with Crippen LogP contribution in [0.15, 0.2) is 24.5 Å². The number of rotatable bonds is 4. The quantitative estimate of drug-likeness (QED) is 0.518. The molecule has 0 radical (unpaired) electrons. The third-order valence-electron chi connectivity index (χ3n) is 7.40. The fourth-order valence-corrected chi connectivity index (χ4v) is 5.55. The van der Waals surface area contributed by atoms with E-state index in [0.717, 1.165) is 44.2 Å². The van der Waals surface area contributed by atoms with Crippen molar-refractivity contribution in [1.82, 2.24) is 25.3 Å². The Balaban J connectivity index is 1.35. The Labute approximate surface area is 199 Å². The van der Waals surface area contributed by atoms with Crippen molar-refractivity contribution in [2.75, 3.05) is 29.9 Å². The molecule has 35 heavy (non-hydrogen) atoms. The first-order valence-corrected chi connectivity index (χ1v) is 12.1. The minimum Gasteiger partial charge on any atom is -0.352 e. The van der Waals surface area contributed by atoms with Crippen LogP contribution in [0.1, 0.15) is 37.7 Å². The molecule has 3 aromatic rings. The van der Waals surface area contributed by atoms with Gasteiger partial charge in [0.25, 0.3) is 0 Å². The molecular formula is C24H26F3N7O. The van der Waals surface area contributed by atoms with Gasteiger partial charge in [0.15, 0.2) is 0 Å². The monoisotopic (exact) mass is 485 g/mol. The Hall–Kier alpha value is -3.21. The van der Waals surface area contributed by atoms with E-state index in [4.69, 9.17) is 4.98 Å². The summed E-state index contributed by atoms with van der Waals surface area (Å²) >= 11 is 0. The van der Waals surface area contributed by atoms with Gasteiger partial charge in [0.1, 0.15) is 22.8 Å². The average Bonchev–Trinajstić information content (AvgIpc) is 3.27. The van der Waals surface area contributed by atoms with Crippen LogP contribution in [-0.2, 0) is 11.0 Å². The Kier molecular flexibility index (Phi) is 5.39. The number of piperidine rings is 3. The number of nitrogens with zero attached hydrogens (tertiary/aromatic N) is 4. The predicted octanol–water partition coefficient (Wildman–Crippen LogP) is 3.76. The van der Waals surface area contributed by atoms with Crippen LogP contribution in [0.4, 0.5) is 24.9 Å². The predicted molar refractivity (Wildman–Crippen MR) is 125 cm³/mol. The zero-order valence-electron chi connectivity index (χ0n) is 19.0. The maximum Gasteiger partial charge on any atom is 0.419 e. The van der Waals surface area contributed by atoms with E-state index in [-0.39, 0.29) is 29.6 Å². The lowest BCUT2D eigenvalue weighted by molar-refractivity contribution is -0.137. The number of carbonyl (C=O) groups is 1. The zero-order valence-corrected chi connectivity index (χ0v) is 19.0. The van der Waals surface area contributed by atoms with Gasteiger partial charge in [0.2, 0.25) is 5.95 Å². The smallest absolute Gasteiger partial charge is 0.352 e. The summed E-state index contributed by atoms with van der Waals surface area (Å²) in [7, 11) is 0. The molecule has 0 aromatic carbocycles. The number of hydrogen-bond donors (Lipinski definition) is 3. The number of Topliss-reactive ketones (excluding diaryl/α,β-unsaturated/α-hetero) is 1. The van der Waals surface area contributed by atoms with Crippen molar-refractivity contribution in [2.24, 2.45) is 5.92 Å². The first kappa shape index (κ1) is 22.3. The van der Waals surface area contributed by atoms with Crippen LogP contribution in [0.2, 0.25) is 0 Å². The van der Waals surface area contributed by atoms with E-state index in [1.54, 1.807) is 6.07 Å². The summed E-state index contributed by atoms with van der Waals surface area (Å²) in [5.74, 6) is 1.27. The highest BCUT2D eigenvalue weighted by molar-refractivity contribution is 5.94. The number of anilines is 2. The second-order valence-corrected chi connectivity index (χ2v) is 9.66. The van der Waals surface area contributed by atoms with Crippen molar-refractivity contribution in [3.8, 4) is 11.3 Å². The number of ketones is 1. The van der Waals surface area contributed by atoms with E-state index >= 15 is 0 Å². The highest BCUT2D eigenvalue weighted by Crippen LogP contribution is 2.40. The summed E-state index contributed by atoms with van der Waals surface area (Å²) in [6, 6.07) is 3.81. The van der Waals surface area contributed by atoms with Crippen LogP contribution in [0.25, 0.3) is 22.3 Å². The third kappa shape index (κ3) is 4.11. The third-order valence-corrected chi connectivity index (χ3v) is 7.40. The number of pyridine rings is 1. The number of alkyl halides is 3. The molecule has 11 heteroatoms. The molecule has 2 bridgehead atoms. The molecule has 7 rings (SSSR count). The van der Waals surface area contributed by atoms with Gasteiger partial charge in [-0.05, 0) is 44.4 Å². The number of H-pyrrole nitrogens is 1. The topological polar surface area (TPSA) is 98.8 Å². The molecule has 1 saturated carbocycles. The van der Waals surface area contributed by atoms with Gasteiger partial charge in [0.05, 0.1) is 5.69 Å². The van der Waals surface area contributed by atoms with Crippen LogP contribution in [-0.4, -0.2) is 57.4 Å². The Morgan fingerprint density at radius 2 is 2.03 bits per heavy atom. The van der Waals surface area contributed by atoms with E-state index < -0.39 is 11.7 Å². The molecule has 3 atom stereocenters. The van der Waals surface area contributed by atoms with E-state index in [2.05, 4.69) is 30.5 Å². The minimum atomic E-state index is -4.60. The molecule has 4 fully saturated rings. The molecule has 3 aromatic heterocycles. The maximum absolute atomic E-state index is 13.9. The van der Waals surface area contributed by atoms with Crippen LogP contribution >= 0.6 is 0 Å². The van der Waals surface area contributed by atoms with Crippen molar-refractivity contribution in [3.05, 3.63) is 30.1 Å². The molecule has 0 spiro atoms. The van der Waals surface area contributed by atoms with Gasteiger partial charge < -0.3 is 20.5 Å². The summed E-state index contributed by atoms with van der Waals surface area (Å²) in [6.45, 7) is 2.28. The fraction of sp³-hybridized carbons (Fsp3) is 0.500. The second-order valence-electron chi connectivity index (χ2n) is 9.66. The minimum absolute atomic E-state index is 0.0392. The standard InChI is InChI=1S/C24H26F3N7O/c25-24(26,27)18-11-30-23(31-14-2-1-7-28-9-14)33-21(18)17-10-29-22-16(17)5-6-20(32-22)34-12-13-3-4-15(34)8-19(13)35/h5-6,10-11,13-15,28H,1-4,7-9,12H2,(H,29,32)(H,30,31,33)/t13?,14-,15?/m0/s1. The van der Waals surface area contributed by atoms with Gasteiger partial charge >= 0.3 is 6.18 Å². The van der Waals surface area contributed by atoms with E-state index in [1.165, 1.54) is 6.20 Å². The number of aromatic nitrogens is 4. The van der Waals surface area contributed by atoms with Crippen LogP contribution in [0, 0.1) is 5.92 Å². The SMILES string of the molecule is O=C1CC2CCC1CN2c1ccc2c(-c3nc(N[C@H]4CCCNC4)ncc3C(F)(F)F)c[nH]c2n1. The van der Waals surface area contributed by atoms with Crippen molar-refractivity contribution in [3.63, 3.8) is 0 Å². The highest BCUT2D eigenvalue weighted by Gasteiger charge is 2.40. The summed E-state index contributed by atoms with van der Waals surface area (Å²) < 4.78 is 41.7. The average molecular weight is 486 g/mol. The van der Waals surface area contributed by atoms with Gasteiger partial charge in [-0.3, -0.25) is 4.79 Å². The first-order chi connectivity index (χ1) is 16.9. The lowest BCUT2D eigenvalue weighted by Gasteiger charge is -2.44. The van der Waals surface area contributed by atoms with Gasteiger partial charge in [-0.1, -0.05) is 0 Å². The van der Waals surface area contributed by atoms with Crippen LogP contribution in [0.3, 0.4) is 0 Å². The molecule has 1 aliphatic carbocycles. The first-order valence-electron chi connectivity index (χ1n) is 12.1. The number of aromatic amines is 1. The Morgan fingerprint density at radius 1 is 1.14 bits per heavy atom. The Morgan fingerprint density at radius 3 is 2.74 bits per heavy atom. The summed E-state index contributed by atoms with van der Waals surface area (Å²) in [5.41, 5.74) is -0.249. The number of fused-ring (bicyclic) bond motifs is 4. The molecule has 0 amide bonds. The summed E-state index contributed by atoms with van der Waals surface area (Å²) in [5, 5.41) is 6.99. The molecule has 2 unspecified atom stereocenters. The molecule has 184 valence electrons. The van der Waals surface area contributed by atoms with Crippen LogP contribution < -0.4 is 15.5 Å². The summed E-state index contributed by atoms with van der Waals surface area (Å²) in [6.07, 6.45) is 2.05. The van der Waals surface area contributed by atoms with Crippen molar-refractivity contribution < 1.29 is 18.0 Å². The van der Waals surface area contributed by atoms with Crippen LogP contribution in [0.5, 0.6) is 0 Å².